The number of rotatable bonds is 9. The molecule has 0 bridgehead atoms. The highest BCUT2D eigenvalue weighted by atomic mass is 32.1. The average molecular weight is 432 g/mol. The Hall–Kier alpha value is -3.44. The number of nitrogens with zero attached hydrogens (tertiary/aromatic N) is 4. The maximum atomic E-state index is 10.8. The number of nitro groups is 1. The van der Waals surface area contributed by atoms with Gasteiger partial charge in [-0.25, -0.2) is 4.68 Å². The maximum Gasteiger partial charge on any atom is 0.433 e. The fraction of sp³-hybridized carbons (Fsp3) is 0.263. The fourth-order valence-corrected chi connectivity index (χ4v) is 3.43. The van der Waals surface area contributed by atoms with E-state index in [0.29, 0.717) is 35.1 Å². The molecular formula is C19H20N4O6S. The molecule has 0 saturated carbocycles. The van der Waals surface area contributed by atoms with Crippen molar-refractivity contribution < 1.29 is 23.6 Å². The SMILES string of the molecule is COCCN=c1scc(-c2cc(OC)ccc2OC)n1N=Cc1ccc([N+](=O)[O-])o1. The van der Waals surface area contributed by atoms with Crippen LogP contribution in [0.5, 0.6) is 11.5 Å². The third-order valence-corrected chi connectivity index (χ3v) is 4.86. The zero-order valence-corrected chi connectivity index (χ0v) is 17.4. The van der Waals surface area contributed by atoms with Gasteiger partial charge in [-0.3, -0.25) is 15.1 Å². The summed E-state index contributed by atoms with van der Waals surface area (Å²) in [6.07, 6.45) is 1.39. The predicted octanol–water partition coefficient (Wildman–Crippen LogP) is 3.16. The lowest BCUT2D eigenvalue weighted by molar-refractivity contribution is -0.402. The van der Waals surface area contributed by atoms with Crippen LogP contribution in [0.3, 0.4) is 0 Å². The van der Waals surface area contributed by atoms with Gasteiger partial charge >= 0.3 is 5.88 Å². The number of aromatic nitrogens is 1. The minimum absolute atomic E-state index is 0.242. The highest BCUT2D eigenvalue weighted by molar-refractivity contribution is 7.07. The van der Waals surface area contributed by atoms with E-state index in [9.17, 15) is 10.1 Å². The summed E-state index contributed by atoms with van der Waals surface area (Å²) in [5, 5.41) is 17.2. The molecule has 158 valence electrons. The first-order chi connectivity index (χ1) is 14.6. The Balaban J connectivity index is 2.09. The van der Waals surface area contributed by atoms with Gasteiger partial charge in [0.15, 0.2) is 5.76 Å². The van der Waals surface area contributed by atoms with Gasteiger partial charge in [0.25, 0.3) is 0 Å². The van der Waals surface area contributed by atoms with Gasteiger partial charge in [-0.1, -0.05) is 0 Å². The minimum atomic E-state index is -0.604. The van der Waals surface area contributed by atoms with Crippen LogP contribution in [0.4, 0.5) is 5.88 Å². The summed E-state index contributed by atoms with van der Waals surface area (Å²) in [5.74, 6) is 1.18. The van der Waals surface area contributed by atoms with E-state index in [1.54, 1.807) is 38.1 Å². The second-order valence-electron chi connectivity index (χ2n) is 5.83. The molecule has 0 saturated heterocycles. The third-order valence-electron chi connectivity index (χ3n) is 4.00. The first-order valence-electron chi connectivity index (χ1n) is 8.78. The van der Waals surface area contributed by atoms with Crippen LogP contribution in [-0.2, 0) is 4.74 Å². The van der Waals surface area contributed by atoms with Crippen molar-refractivity contribution in [2.45, 2.75) is 0 Å². The number of benzene rings is 1. The molecule has 0 unspecified atom stereocenters. The Morgan fingerprint density at radius 2 is 2.07 bits per heavy atom. The molecule has 0 aliphatic carbocycles. The summed E-state index contributed by atoms with van der Waals surface area (Å²) in [4.78, 5) is 15.4. The number of hydrogen-bond donors (Lipinski definition) is 0. The Labute approximate surface area is 175 Å². The van der Waals surface area contributed by atoms with Gasteiger partial charge in [0, 0.05) is 18.1 Å². The van der Waals surface area contributed by atoms with Crippen LogP contribution >= 0.6 is 11.3 Å². The molecule has 0 amide bonds. The number of methoxy groups -OCH3 is 3. The van der Waals surface area contributed by atoms with Gasteiger partial charge in [-0.05, 0) is 24.3 Å². The molecule has 1 aromatic carbocycles. The Morgan fingerprint density at radius 1 is 1.23 bits per heavy atom. The Bertz CT molecular complexity index is 1110. The van der Waals surface area contributed by atoms with Gasteiger partial charge in [0.2, 0.25) is 4.80 Å². The molecule has 30 heavy (non-hydrogen) atoms. The Morgan fingerprint density at radius 3 is 2.73 bits per heavy atom. The van der Waals surface area contributed by atoms with E-state index in [-0.39, 0.29) is 11.6 Å². The second kappa shape index (κ2) is 9.85. The van der Waals surface area contributed by atoms with Gasteiger partial charge in [0.05, 0.1) is 45.3 Å². The van der Waals surface area contributed by atoms with E-state index < -0.39 is 4.92 Å². The molecule has 0 fully saturated rings. The van der Waals surface area contributed by atoms with Gasteiger partial charge in [-0.15, -0.1) is 11.3 Å². The van der Waals surface area contributed by atoms with E-state index in [1.165, 1.54) is 29.7 Å². The summed E-state index contributed by atoms with van der Waals surface area (Å²) in [6.45, 7) is 0.914. The monoisotopic (exact) mass is 432 g/mol. The van der Waals surface area contributed by atoms with E-state index in [2.05, 4.69) is 10.1 Å². The summed E-state index contributed by atoms with van der Waals surface area (Å²) < 4.78 is 22.7. The van der Waals surface area contributed by atoms with Crippen molar-refractivity contribution in [1.82, 2.24) is 4.68 Å². The molecule has 2 heterocycles. The highest BCUT2D eigenvalue weighted by Crippen LogP contribution is 2.33. The molecule has 0 spiro atoms. The standard InChI is InChI=1S/C19H20N4O6S/c1-26-9-8-20-19-22(21-11-14-5-7-18(29-14)23(24)25)16(12-30-19)15-10-13(27-2)4-6-17(15)28-3/h4-7,10-12H,8-9H2,1-3H3. The molecule has 2 aromatic heterocycles. The topological polar surface area (TPSA) is 114 Å². The normalized spacial score (nSPS) is 11.9. The lowest BCUT2D eigenvalue weighted by Crippen LogP contribution is -2.14. The second-order valence-corrected chi connectivity index (χ2v) is 6.67. The van der Waals surface area contributed by atoms with E-state index in [1.807, 2.05) is 11.4 Å². The summed E-state index contributed by atoms with van der Waals surface area (Å²) in [7, 11) is 4.77. The quantitative estimate of drug-likeness (QED) is 0.222. The van der Waals surface area contributed by atoms with Crippen molar-refractivity contribution in [3.63, 3.8) is 0 Å². The van der Waals surface area contributed by atoms with Crippen LogP contribution in [0.1, 0.15) is 5.76 Å². The molecule has 0 N–H and O–H groups in total. The molecule has 0 radical (unpaired) electrons. The number of hydrogen-bond acceptors (Lipinski definition) is 9. The van der Waals surface area contributed by atoms with Gasteiger partial charge in [-0.2, -0.15) is 5.10 Å². The molecule has 0 atom stereocenters. The van der Waals surface area contributed by atoms with Crippen LogP contribution in [0, 0.1) is 10.1 Å². The van der Waals surface area contributed by atoms with Crippen molar-refractivity contribution in [1.29, 1.82) is 0 Å². The molecular weight excluding hydrogens is 412 g/mol. The van der Waals surface area contributed by atoms with Crippen LogP contribution in [-0.4, -0.2) is 50.3 Å². The highest BCUT2D eigenvalue weighted by Gasteiger charge is 2.15. The van der Waals surface area contributed by atoms with Crippen molar-refractivity contribution >= 4 is 23.4 Å². The number of furan rings is 1. The van der Waals surface area contributed by atoms with Crippen molar-refractivity contribution in [2.75, 3.05) is 34.5 Å². The minimum Gasteiger partial charge on any atom is -0.497 e. The molecule has 11 heteroatoms. The molecule has 0 aliphatic rings. The van der Waals surface area contributed by atoms with Gasteiger partial charge < -0.3 is 18.6 Å². The summed E-state index contributed by atoms with van der Waals surface area (Å²) >= 11 is 1.39. The molecule has 3 rings (SSSR count). The van der Waals surface area contributed by atoms with Crippen LogP contribution < -0.4 is 14.3 Å². The van der Waals surface area contributed by atoms with Gasteiger partial charge in [0.1, 0.15) is 16.4 Å². The number of thiazole rings is 1. The smallest absolute Gasteiger partial charge is 0.433 e. The number of ether oxygens (including phenoxy) is 3. The Kier molecular flexibility index (Phi) is 6.99. The van der Waals surface area contributed by atoms with Crippen LogP contribution in [0.25, 0.3) is 11.3 Å². The van der Waals surface area contributed by atoms with E-state index in [4.69, 9.17) is 18.6 Å². The van der Waals surface area contributed by atoms with Crippen LogP contribution in [0.2, 0.25) is 0 Å². The predicted molar refractivity (Wildman–Crippen MR) is 112 cm³/mol. The lowest BCUT2D eigenvalue weighted by Gasteiger charge is -2.10. The zero-order chi connectivity index (χ0) is 21.5. The van der Waals surface area contributed by atoms with E-state index >= 15 is 0 Å². The first kappa shape index (κ1) is 21.3. The largest absolute Gasteiger partial charge is 0.497 e. The van der Waals surface area contributed by atoms with Crippen molar-refractivity contribution in [2.24, 2.45) is 10.1 Å². The van der Waals surface area contributed by atoms with Crippen molar-refractivity contribution in [3.8, 4) is 22.8 Å². The first-order valence-corrected chi connectivity index (χ1v) is 9.66. The fourth-order valence-electron chi connectivity index (χ4n) is 2.58. The summed E-state index contributed by atoms with van der Waals surface area (Å²) in [5.41, 5.74) is 1.47. The molecule has 0 aliphatic heterocycles. The third kappa shape index (κ3) is 4.75. The van der Waals surface area contributed by atoms with Crippen molar-refractivity contribution in [3.05, 3.63) is 56.4 Å². The summed E-state index contributed by atoms with van der Waals surface area (Å²) in [6, 6.07) is 8.19. The van der Waals surface area contributed by atoms with Crippen LogP contribution in [0.15, 0.2) is 50.2 Å². The maximum absolute atomic E-state index is 10.8. The lowest BCUT2D eigenvalue weighted by atomic mass is 10.1. The zero-order valence-electron chi connectivity index (χ0n) is 16.6. The average Bonchev–Trinajstić information content (AvgIpc) is 3.39. The molecule has 10 nitrogen and oxygen atoms in total. The van der Waals surface area contributed by atoms with E-state index in [0.717, 1.165) is 5.56 Å². The molecule has 3 aromatic rings.